The smallest absolute Gasteiger partial charge is 0.190 e. The van der Waals surface area contributed by atoms with Crippen LogP contribution < -0.4 is 0 Å². The van der Waals surface area contributed by atoms with E-state index in [2.05, 4.69) is 12.6 Å². The Kier molecular flexibility index (Phi) is 6.07. The third kappa shape index (κ3) is 6.83. The molecule has 0 spiro atoms. The zero-order valence-corrected chi connectivity index (χ0v) is 9.28. The maximum Gasteiger partial charge on any atom is 0.190 e. The van der Waals surface area contributed by atoms with Crippen molar-refractivity contribution < 1.29 is 14.4 Å². The first-order valence-electron chi connectivity index (χ1n) is 3.79. The van der Waals surface area contributed by atoms with Crippen LogP contribution in [-0.4, -0.2) is 21.8 Å². The van der Waals surface area contributed by atoms with Gasteiger partial charge in [-0.3, -0.25) is 9.59 Å². The minimum Gasteiger partial charge on any atom is -0.300 e. The molecule has 3 nitrogen and oxygen atoms in total. The van der Waals surface area contributed by atoms with Gasteiger partial charge in [-0.05, 0) is 6.92 Å². The molecule has 0 rings (SSSR count). The van der Waals surface area contributed by atoms with Crippen LogP contribution in [-0.2, 0) is 14.4 Å². The van der Waals surface area contributed by atoms with Crippen molar-refractivity contribution in [3.8, 4) is 0 Å². The molecule has 5 heteroatoms. The Hall–Kier alpha value is -0.290. The summed E-state index contributed by atoms with van der Waals surface area (Å²) < 4.78 is 0. The van der Waals surface area contributed by atoms with E-state index in [4.69, 9.17) is 0 Å². The minimum absolute atomic E-state index is 0.0527. The average molecular weight is 220 g/mol. The van der Waals surface area contributed by atoms with E-state index in [1.54, 1.807) is 0 Å². The summed E-state index contributed by atoms with van der Waals surface area (Å²) in [7, 11) is 0. The van der Waals surface area contributed by atoms with E-state index in [0.29, 0.717) is 5.75 Å². The first-order chi connectivity index (χ1) is 5.93. The molecule has 0 amide bonds. The zero-order chi connectivity index (χ0) is 10.4. The lowest BCUT2D eigenvalue weighted by molar-refractivity contribution is -0.121. The van der Waals surface area contributed by atoms with E-state index in [-0.39, 0.29) is 22.4 Å². The topological polar surface area (TPSA) is 51.2 Å². The Morgan fingerprint density at radius 2 is 1.85 bits per heavy atom. The summed E-state index contributed by atoms with van der Waals surface area (Å²) in [5, 5.41) is -0.382. The van der Waals surface area contributed by atoms with E-state index in [0.717, 1.165) is 11.8 Å². The van der Waals surface area contributed by atoms with Gasteiger partial charge in [-0.1, -0.05) is 11.8 Å². The second-order valence-corrected chi connectivity index (χ2v) is 4.38. The Balaban J connectivity index is 4.02. The summed E-state index contributed by atoms with van der Waals surface area (Å²) >= 11 is 4.70. The van der Waals surface area contributed by atoms with Crippen LogP contribution in [0.15, 0.2) is 0 Å². The molecule has 0 aromatic carbocycles. The first kappa shape index (κ1) is 12.7. The Labute approximate surface area is 87.1 Å². The highest BCUT2D eigenvalue weighted by Crippen LogP contribution is 2.15. The van der Waals surface area contributed by atoms with Crippen molar-refractivity contribution in [2.45, 2.75) is 20.3 Å². The quantitative estimate of drug-likeness (QED) is 0.710. The van der Waals surface area contributed by atoms with Crippen LogP contribution in [0.2, 0.25) is 0 Å². The molecule has 0 radical (unpaired) electrons. The number of thioether (sulfide) groups is 1. The van der Waals surface area contributed by atoms with Gasteiger partial charge in [-0.25, -0.2) is 0 Å². The second kappa shape index (κ2) is 6.21. The fourth-order valence-electron chi connectivity index (χ4n) is 0.782. The van der Waals surface area contributed by atoms with Crippen LogP contribution in [0.5, 0.6) is 0 Å². The summed E-state index contributed by atoms with van der Waals surface area (Å²) in [6.07, 6.45) is 0.169. The van der Waals surface area contributed by atoms with Crippen molar-refractivity contribution in [1.82, 2.24) is 0 Å². The zero-order valence-electron chi connectivity index (χ0n) is 7.57. The lowest BCUT2D eigenvalue weighted by Crippen LogP contribution is -2.16. The molecular formula is C8H12O3S2. The normalized spacial score (nSPS) is 12.2. The number of ketones is 1. The molecule has 0 saturated carbocycles. The number of carbonyl (C=O) groups is 3. The standard InChI is InChI=1S/C8H12O3S2/c1-5(9)3-7(8(11)12)4-13-6(2)10/h7H,3-4H2,1-2H3,(H,11,12). The molecule has 74 valence electrons. The van der Waals surface area contributed by atoms with Crippen LogP contribution in [0.4, 0.5) is 0 Å². The van der Waals surface area contributed by atoms with Crippen molar-refractivity contribution >= 4 is 40.4 Å². The molecule has 0 N–H and O–H groups in total. The highest BCUT2D eigenvalue weighted by molar-refractivity contribution is 8.13. The molecule has 0 fully saturated rings. The molecule has 0 aliphatic heterocycles. The van der Waals surface area contributed by atoms with Crippen LogP contribution in [0.25, 0.3) is 0 Å². The summed E-state index contributed by atoms with van der Waals surface area (Å²) in [5.41, 5.74) is 0. The van der Waals surface area contributed by atoms with E-state index < -0.39 is 5.92 Å². The molecule has 0 aliphatic carbocycles. The Morgan fingerprint density at radius 3 is 2.15 bits per heavy atom. The number of carbonyl (C=O) groups excluding carboxylic acids is 3. The first-order valence-corrected chi connectivity index (χ1v) is 5.22. The van der Waals surface area contributed by atoms with E-state index >= 15 is 0 Å². The molecule has 13 heavy (non-hydrogen) atoms. The fraction of sp³-hybridized carbons (Fsp3) is 0.625. The largest absolute Gasteiger partial charge is 0.300 e. The number of Topliss-reactive ketones (excluding diaryl/α,β-unsaturated/α-hetero) is 1. The average Bonchev–Trinajstić information content (AvgIpc) is 1.96. The molecule has 0 aliphatic rings. The number of rotatable bonds is 5. The summed E-state index contributed by atoms with van der Waals surface area (Å²) in [6.45, 7) is 2.85. The molecule has 1 unspecified atom stereocenters. The highest BCUT2D eigenvalue weighted by Gasteiger charge is 2.17. The monoisotopic (exact) mass is 220 g/mol. The van der Waals surface area contributed by atoms with Crippen molar-refractivity contribution in [2.75, 3.05) is 5.75 Å². The van der Waals surface area contributed by atoms with Crippen LogP contribution in [0.3, 0.4) is 0 Å². The lowest BCUT2D eigenvalue weighted by atomic mass is 10.1. The maximum atomic E-state index is 10.9. The molecule has 1 atom stereocenters. The van der Waals surface area contributed by atoms with Gasteiger partial charge in [0.1, 0.15) is 5.78 Å². The predicted molar refractivity (Wildman–Crippen MR) is 55.9 cm³/mol. The Morgan fingerprint density at radius 1 is 1.31 bits per heavy atom. The SMILES string of the molecule is CC(=O)CC(CSC(C)=O)C(=O)S. The van der Waals surface area contributed by atoms with Gasteiger partial charge in [-0.15, -0.1) is 12.6 Å². The second-order valence-electron chi connectivity index (χ2n) is 2.74. The third-order valence-electron chi connectivity index (χ3n) is 1.37. The van der Waals surface area contributed by atoms with Crippen LogP contribution >= 0.6 is 24.4 Å². The van der Waals surface area contributed by atoms with E-state index in [1.165, 1.54) is 13.8 Å². The fourth-order valence-corrected chi connectivity index (χ4v) is 1.79. The van der Waals surface area contributed by atoms with Gasteiger partial charge in [0.15, 0.2) is 10.2 Å². The Bertz CT molecular complexity index is 225. The molecule has 0 aromatic heterocycles. The predicted octanol–water partition coefficient (Wildman–Crippen LogP) is 1.32. The summed E-state index contributed by atoms with van der Waals surface area (Å²) in [5.74, 6) is -0.150. The molecule has 0 heterocycles. The van der Waals surface area contributed by atoms with Gasteiger partial charge in [0.25, 0.3) is 0 Å². The van der Waals surface area contributed by atoms with Gasteiger partial charge >= 0.3 is 0 Å². The molecular weight excluding hydrogens is 208 g/mol. The molecule has 0 aromatic rings. The highest BCUT2D eigenvalue weighted by atomic mass is 32.2. The number of thiol groups is 1. The van der Waals surface area contributed by atoms with Gasteiger partial charge < -0.3 is 4.79 Å². The van der Waals surface area contributed by atoms with Crippen LogP contribution in [0.1, 0.15) is 20.3 Å². The van der Waals surface area contributed by atoms with Crippen LogP contribution in [0, 0.1) is 5.92 Å². The van der Waals surface area contributed by atoms with Crippen molar-refractivity contribution in [3.63, 3.8) is 0 Å². The molecule has 0 bridgehead atoms. The van der Waals surface area contributed by atoms with Crippen molar-refractivity contribution in [3.05, 3.63) is 0 Å². The van der Waals surface area contributed by atoms with Gasteiger partial charge in [0, 0.05) is 25.0 Å². The van der Waals surface area contributed by atoms with E-state index in [1.807, 2.05) is 0 Å². The van der Waals surface area contributed by atoms with Gasteiger partial charge in [0.05, 0.1) is 0 Å². The number of hydrogen-bond acceptors (Lipinski definition) is 4. The molecule has 0 saturated heterocycles. The lowest BCUT2D eigenvalue weighted by Gasteiger charge is -2.08. The van der Waals surface area contributed by atoms with Gasteiger partial charge in [0.2, 0.25) is 0 Å². The van der Waals surface area contributed by atoms with Gasteiger partial charge in [-0.2, -0.15) is 0 Å². The van der Waals surface area contributed by atoms with Crippen molar-refractivity contribution in [1.29, 1.82) is 0 Å². The van der Waals surface area contributed by atoms with Crippen molar-refractivity contribution in [2.24, 2.45) is 5.92 Å². The number of hydrogen-bond donors (Lipinski definition) is 1. The summed E-state index contributed by atoms with van der Waals surface area (Å²) in [6, 6.07) is 0. The van der Waals surface area contributed by atoms with E-state index in [9.17, 15) is 14.4 Å². The third-order valence-corrected chi connectivity index (χ3v) is 2.71. The maximum absolute atomic E-state index is 10.9. The summed E-state index contributed by atoms with van der Waals surface area (Å²) in [4.78, 5) is 32.2. The minimum atomic E-state index is -0.435.